The van der Waals surface area contributed by atoms with Gasteiger partial charge in [0, 0.05) is 0 Å². The van der Waals surface area contributed by atoms with E-state index in [2.05, 4.69) is 31.2 Å². The minimum absolute atomic E-state index is 0.154. The molecule has 3 fully saturated rings. The first-order chi connectivity index (χ1) is 18.5. The lowest BCUT2D eigenvalue weighted by Gasteiger charge is -2.38. The highest BCUT2D eigenvalue weighted by molar-refractivity contribution is 5.28. The molecule has 0 spiro atoms. The molecule has 0 atom stereocenters. The number of hydrogen-bond donors (Lipinski definition) is 0. The minimum Gasteiger partial charge on any atom is -0.204 e. The molecule has 0 aliphatic heterocycles. The number of rotatable bonds is 8. The molecule has 2 aromatic carbocycles. The molecule has 5 rings (SSSR count). The first-order valence-corrected chi connectivity index (χ1v) is 15.8. The number of halogens is 3. The first kappa shape index (κ1) is 27.8. The summed E-state index contributed by atoms with van der Waals surface area (Å²) in [4.78, 5) is 0. The maximum atomic E-state index is 13.7. The lowest BCUT2D eigenvalue weighted by atomic mass is 9.67. The molecule has 3 aliphatic rings. The Hall–Kier alpha value is -1.77. The average Bonchev–Trinajstić information content (AvgIpc) is 2.96. The Morgan fingerprint density at radius 2 is 0.974 bits per heavy atom. The molecule has 3 heteroatoms. The molecule has 3 saturated carbocycles. The molecule has 0 amide bonds. The molecule has 0 unspecified atom stereocenters. The van der Waals surface area contributed by atoms with Gasteiger partial charge in [0.2, 0.25) is 0 Å². The molecule has 0 aromatic heterocycles. The Morgan fingerprint density at radius 1 is 0.553 bits per heavy atom. The molecule has 0 heterocycles. The quantitative estimate of drug-likeness (QED) is 0.238. The van der Waals surface area contributed by atoms with Gasteiger partial charge < -0.3 is 0 Å². The van der Waals surface area contributed by atoms with Crippen molar-refractivity contribution in [3.63, 3.8) is 0 Å². The Kier molecular flexibility index (Phi) is 9.55. The predicted octanol–water partition coefficient (Wildman–Crippen LogP) is 11.2. The van der Waals surface area contributed by atoms with Crippen molar-refractivity contribution in [1.82, 2.24) is 0 Å². The van der Waals surface area contributed by atoms with E-state index in [1.165, 1.54) is 94.7 Å². The lowest BCUT2D eigenvalue weighted by Crippen LogP contribution is -2.25. The summed E-state index contributed by atoms with van der Waals surface area (Å²) in [5, 5.41) is 0. The third-order valence-corrected chi connectivity index (χ3v) is 10.6. The highest BCUT2D eigenvalue weighted by Crippen LogP contribution is 2.46. The summed E-state index contributed by atoms with van der Waals surface area (Å²) in [6.45, 7) is 2.30. The molecule has 0 nitrogen and oxygen atoms in total. The van der Waals surface area contributed by atoms with Crippen molar-refractivity contribution in [3.8, 4) is 0 Å². The first-order valence-electron chi connectivity index (χ1n) is 15.8. The Morgan fingerprint density at radius 3 is 1.42 bits per heavy atom. The van der Waals surface area contributed by atoms with Crippen LogP contribution < -0.4 is 0 Å². The van der Waals surface area contributed by atoms with Crippen LogP contribution in [-0.4, -0.2) is 0 Å². The Labute approximate surface area is 228 Å². The predicted molar refractivity (Wildman–Crippen MR) is 151 cm³/mol. The Balaban J connectivity index is 1.06. The molecule has 2 aromatic rings. The normalized spacial score (nSPS) is 30.3. The second-order valence-electron chi connectivity index (χ2n) is 12.9. The Bertz CT molecular complexity index is 981. The van der Waals surface area contributed by atoms with Crippen molar-refractivity contribution in [3.05, 3.63) is 70.5 Å². The van der Waals surface area contributed by atoms with E-state index in [1.54, 1.807) is 5.56 Å². The molecule has 0 N–H and O–H groups in total. The largest absolute Gasteiger partial charge is 0.204 e. The molecular formula is C35H47F3. The summed E-state index contributed by atoms with van der Waals surface area (Å²) in [5.41, 5.74) is 3.73. The molecule has 0 radical (unpaired) electrons. The number of unbranched alkanes of at least 4 members (excludes halogenated alkanes) is 2. The smallest absolute Gasteiger partial charge is 0.194 e. The van der Waals surface area contributed by atoms with Gasteiger partial charge in [0.25, 0.3) is 0 Å². The fourth-order valence-corrected chi connectivity index (χ4v) is 8.17. The second kappa shape index (κ2) is 13.1. The van der Waals surface area contributed by atoms with Crippen LogP contribution in [0.5, 0.6) is 0 Å². The summed E-state index contributed by atoms with van der Waals surface area (Å²) >= 11 is 0. The van der Waals surface area contributed by atoms with Crippen LogP contribution in [0.4, 0.5) is 13.2 Å². The second-order valence-corrected chi connectivity index (χ2v) is 12.9. The van der Waals surface area contributed by atoms with Crippen LogP contribution in [0.15, 0.2) is 36.4 Å². The summed E-state index contributed by atoms with van der Waals surface area (Å²) in [5.74, 6) is 0.614. The molecule has 208 valence electrons. The van der Waals surface area contributed by atoms with Gasteiger partial charge in [0.05, 0.1) is 0 Å². The van der Waals surface area contributed by atoms with Gasteiger partial charge >= 0.3 is 0 Å². The lowest BCUT2D eigenvalue weighted by molar-refractivity contribution is 0.176. The van der Waals surface area contributed by atoms with Crippen molar-refractivity contribution < 1.29 is 13.2 Å². The summed E-state index contributed by atoms with van der Waals surface area (Å²) in [7, 11) is 0. The van der Waals surface area contributed by atoms with E-state index in [0.717, 1.165) is 49.4 Å². The molecule has 0 bridgehead atoms. The third-order valence-electron chi connectivity index (χ3n) is 10.6. The number of hydrogen-bond acceptors (Lipinski definition) is 0. The topological polar surface area (TPSA) is 0 Å². The number of benzene rings is 2. The van der Waals surface area contributed by atoms with Crippen LogP contribution in [0.2, 0.25) is 0 Å². The van der Waals surface area contributed by atoms with Crippen LogP contribution in [0, 0.1) is 35.2 Å². The van der Waals surface area contributed by atoms with Gasteiger partial charge in [-0.15, -0.1) is 0 Å². The van der Waals surface area contributed by atoms with E-state index in [-0.39, 0.29) is 5.92 Å². The fourth-order valence-electron chi connectivity index (χ4n) is 8.17. The molecule has 0 saturated heterocycles. The average molecular weight is 525 g/mol. The van der Waals surface area contributed by atoms with Gasteiger partial charge in [-0.25, -0.2) is 13.2 Å². The third kappa shape index (κ3) is 6.68. The highest BCUT2D eigenvalue weighted by Gasteiger charge is 2.32. The van der Waals surface area contributed by atoms with Gasteiger partial charge in [-0.3, -0.25) is 0 Å². The maximum absolute atomic E-state index is 13.7. The van der Waals surface area contributed by atoms with Crippen molar-refractivity contribution in [2.75, 3.05) is 0 Å². The van der Waals surface area contributed by atoms with Crippen molar-refractivity contribution in [2.45, 2.75) is 127 Å². The van der Waals surface area contributed by atoms with Gasteiger partial charge in [-0.05, 0) is 141 Å². The molecule has 38 heavy (non-hydrogen) atoms. The van der Waals surface area contributed by atoms with Crippen LogP contribution in [0.25, 0.3) is 0 Å². The van der Waals surface area contributed by atoms with Crippen LogP contribution >= 0.6 is 0 Å². The van der Waals surface area contributed by atoms with E-state index >= 15 is 0 Å². The van der Waals surface area contributed by atoms with Crippen LogP contribution in [-0.2, 0) is 0 Å². The zero-order chi connectivity index (χ0) is 26.5. The minimum atomic E-state index is -1.35. The van der Waals surface area contributed by atoms with Gasteiger partial charge in [-0.1, -0.05) is 56.9 Å². The SMILES string of the molecule is CCCCCC1CCC(c2ccc(C3CCC(C4CCC(c5cc(F)c(F)c(F)c5)CC4)CC3)cc2)CC1. The van der Waals surface area contributed by atoms with E-state index in [0.29, 0.717) is 11.5 Å². The molecule has 3 aliphatic carbocycles. The van der Waals surface area contributed by atoms with E-state index in [4.69, 9.17) is 0 Å². The maximum Gasteiger partial charge on any atom is 0.194 e. The molecular weight excluding hydrogens is 477 g/mol. The zero-order valence-corrected chi connectivity index (χ0v) is 23.4. The monoisotopic (exact) mass is 524 g/mol. The standard InChI is InChI=1S/C35H47F3/c1-2-3-4-5-24-6-8-25(9-7-24)26-10-12-27(13-11-26)28-14-16-29(17-15-28)30-18-20-31(21-19-30)32-22-33(36)35(38)34(37)23-32/h10-13,22-25,28-31H,2-9,14-21H2,1H3. The summed E-state index contributed by atoms with van der Waals surface area (Å²) in [6.07, 6.45) is 20.5. The van der Waals surface area contributed by atoms with Crippen molar-refractivity contribution in [2.24, 2.45) is 17.8 Å². The van der Waals surface area contributed by atoms with Gasteiger partial charge in [-0.2, -0.15) is 0 Å². The van der Waals surface area contributed by atoms with E-state index < -0.39 is 17.5 Å². The highest BCUT2D eigenvalue weighted by atomic mass is 19.2. The summed E-state index contributed by atoms with van der Waals surface area (Å²) in [6, 6.07) is 12.1. The zero-order valence-electron chi connectivity index (χ0n) is 23.4. The van der Waals surface area contributed by atoms with E-state index in [9.17, 15) is 13.2 Å². The van der Waals surface area contributed by atoms with Gasteiger partial charge in [0.15, 0.2) is 17.5 Å². The summed E-state index contributed by atoms with van der Waals surface area (Å²) < 4.78 is 40.8. The van der Waals surface area contributed by atoms with Crippen molar-refractivity contribution >= 4 is 0 Å². The van der Waals surface area contributed by atoms with Crippen LogP contribution in [0.3, 0.4) is 0 Å². The van der Waals surface area contributed by atoms with E-state index in [1.807, 2.05) is 0 Å². The van der Waals surface area contributed by atoms with Crippen molar-refractivity contribution in [1.29, 1.82) is 0 Å². The van der Waals surface area contributed by atoms with Crippen LogP contribution in [0.1, 0.15) is 144 Å². The fraction of sp³-hybridized carbons (Fsp3) is 0.657. The van der Waals surface area contributed by atoms with Gasteiger partial charge in [0.1, 0.15) is 0 Å².